The normalized spacial score (nSPS) is 12.6. The molecule has 1 aromatic carbocycles. The van der Waals surface area contributed by atoms with E-state index in [0.29, 0.717) is 12.0 Å². The third-order valence-corrected chi connectivity index (χ3v) is 6.44. The number of nitrogens with one attached hydrogen (secondary N) is 2. The quantitative estimate of drug-likeness (QED) is 0.200. The number of hydrogen-bond acceptors (Lipinski definition) is 7. The minimum Gasteiger partial charge on any atom is -0.468 e. The lowest BCUT2D eigenvalue weighted by atomic mass is 9.93. The molecule has 41 heavy (non-hydrogen) atoms. The van der Waals surface area contributed by atoms with Crippen LogP contribution in [0.1, 0.15) is 95.4 Å². The van der Waals surface area contributed by atoms with Crippen LogP contribution in [0.5, 0.6) is 0 Å². The first-order valence-electron chi connectivity index (χ1n) is 14.2. The molecule has 4 N–H and O–H groups in total. The van der Waals surface area contributed by atoms with Gasteiger partial charge in [-0.05, 0) is 57.7 Å². The van der Waals surface area contributed by atoms with Crippen molar-refractivity contribution in [3.05, 3.63) is 34.9 Å². The lowest BCUT2D eigenvalue weighted by Crippen LogP contribution is -2.54. The molecule has 0 aromatic heterocycles. The molecule has 0 radical (unpaired) electrons. The summed E-state index contributed by atoms with van der Waals surface area (Å²) < 4.78 is 9.99. The Kier molecular flexibility index (Phi) is 14.9. The van der Waals surface area contributed by atoms with Crippen LogP contribution in [0.4, 0.5) is 4.79 Å². The zero-order valence-electron chi connectivity index (χ0n) is 25.6. The number of methoxy groups -OCH3 is 1. The Labute approximate surface area is 243 Å². The van der Waals surface area contributed by atoms with E-state index in [1.807, 2.05) is 32.0 Å². The zero-order valence-corrected chi connectivity index (χ0v) is 25.6. The lowest BCUT2D eigenvalue weighted by Gasteiger charge is -2.35. The van der Waals surface area contributed by atoms with Crippen LogP contribution in [0.25, 0.3) is 0 Å². The summed E-state index contributed by atoms with van der Waals surface area (Å²) in [5.41, 5.74) is 6.72. The number of nitrogens with zero attached hydrogens (tertiary/aromatic N) is 1. The molecule has 2 unspecified atom stereocenters. The molecule has 0 aliphatic carbocycles. The first-order valence-corrected chi connectivity index (χ1v) is 14.2. The first-order chi connectivity index (χ1) is 19.2. The maximum atomic E-state index is 14.2. The number of rotatable bonds is 16. The van der Waals surface area contributed by atoms with Gasteiger partial charge in [0.2, 0.25) is 17.7 Å². The number of primary amides is 1. The van der Waals surface area contributed by atoms with Gasteiger partial charge in [0.05, 0.1) is 13.5 Å². The van der Waals surface area contributed by atoms with Gasteiger partial charge in [0, 0.05) is 6.54 Å². The van der Waals surface area contributed by atoms with E-state index in [1.54, 1.807) is 20.8 Å². The summed E-state index contributed by atoms with van der Waals surface area (Å²) in [6, 6.07) is 2.98. The highest BCUT2D eigenvalue weighted by Crippen LogP contribution is 2.29. The van der Waals surface area contributed by atoms with E-state index in [4.69, 9.17) is 10.5 Å². The molecule has 0 spiro atoms. The fourth-order valence-electron chi connectivity index (χ4n) is 4.50. The molecule has 2 atom stereocenters. The Hall–Kier alpha value is -3.63. The number of ether oxygens (including phenoxy) is 2. The molecule has 0 aliphatic rings. The summed E-state index contributed by atoms with van der Waals surface area (Å²) in [4.78, 5) is 65.7. The summed E-state index contributed by atoms with van der Waals surface area (Å²) in [5, 5.41) is 5.06. The highest BCUT2D eigenvalue weighted by atomic mass is 16.6. The third kappa shape index (κ3) is 12.6. The summed E-state index contributed by atoms with van der Waals surface area (Å²) in [5.74, 6) is -2.71. The lowest BCUT2D eigenvalue weighted by molar-refractivity contribution is -0.145. The van der Waals surface area contributed by atoms with Crippen LogP contribution in [0.15, 0.2) is 18.2 Å². The van der Waals surface area contributed by atoms with Gasteiger partial charge in [-0.25, -0.2) is 4.79 Å². The second-order valence-electron chi connectivity index (χ2n) is 11.2. The highest BCUT2D eigenvalue weighted by Gasteiger charge is 2.38. The van der Waals surface area contributed by atoms with Crippen molar-refractivity contribution in [2.24, 2.45) is 5.73 Å². The molecular formula is C30H48N4O7. The largest absolute Gasteiger partial charge is 0.468 e. The van der Waals surface area contributed by atoms with Gasteiger partial charge in [0.1, 0.15) is 24.2 Å². The second-order valence-corrected chi connectivity index (χ2v) is 11.2. The molecule has 11 heteroatoms. The number of amides is 4. The van der Waals surface area contributed by atoms with E-state index in [0.717, 1.165) is 43.2 Å². The minimum atomic E-state index is -1.37. The molecule has 1 aromatic rings. The summed E-state index contributed by atoms with van der Waals surface area (Å²) in [6.07, 6.45) is 4.21. The predicted molar refractivity (Wildman–Crippen MR) is 156 cm³/mol. The molecule has 11 nitrogen and oxygen atoms in total. The van der Waals surface area contributed by atoms with E-state index in [1.165, 1.54) is 12.0 Å². The zero-order chi connectivity index (χ0) is 31.2. The molecule has 230 valence electrons. The number of carbonyl (C=O) groups is 5. The van der Waals surface area contributed by atoms with Crippen molar-refractivity contribution in [1.82, 2.24) is 15.5 Å². The molecule has 0 fully saturated rings. The molecular weight excluding hydrogens is 528 g/mol. The van der Waals surface area contributed by atoms with Gasteiger partial charge in [-0.2, -0.15) is 0 Å². The van der Waals surface area contributed by atoms with Crippen LogP contribution in [0.3, 0.4) is 0 Å². The highest BCUT2D eigenvalue weighted by molar-refractivity contribution is 5.95. The summed E-state index contributed by atoms with van der Waals surface area (Å²) in [7, 11) is 1.21. The van der Waals surface area contributed by atoms with Gasteiger partial charge in [-0.15, -0.1) is 0 Å². The van der Waals surface area contributed by atoms with Crippen LogP contribution in [-0.2, 0) is 28.7 Å². The van der Waals surface area contributed by atoms with Crippen molar-refractivity contribution >= 4 is 29.8 Å². The van der Waals surface area contributed by atoms with Crippen molar-refractivity contribution in [2.75, 3.05) is 20.2 Å². The predicted octanol–water partition coefficient (Wildman–Crippen LogP) is 3.59. The van der Waals surface area contributed by atoms with Gasteiger partial charge < -0.3 is 30.7 Å². The van der Waals surface area contributed by atoms with Crippen LogP contribution in [0.2, 0.25) is 0 Å². The van der Waals surface area contributed by atoms with E-state index >= 15 is 0 Å². The number of carbonyl (C=O) groups excluding carboxylic acids is 5. The summed E-state index contributed by atoms with van der Waals surface area (Å²) in [6.45, 7) is 10.6. The fraction of sp³-hybridized carbons (Fsp3) is 0.633. The average Bonchev–Trinajstić information content (AvgIpc) is 2.87. The molecule has 0 saturated heterocycles. The number of alkyl carbamates (subject to hydrolysis) is 1. The summed E-state index contributed by atoms with van der Waals surface area (Å²) >= 11 is 0. The van der Waals surface area contributed by atoms with Crippen LogP contribution in [-0.4, -0.2) is 66.5 Å². The van der Waals surface area contributed by atoms with Crippen molar-refractivity contribution in [3.8, 4) is 0 Å². The number of benzene rings is 1. The van der Waals surface area contributed by atoms with Crippen molar-refractivity contribution < 1.29 is 33.4 Å². The van der Waals surface area contributed by atoms with Gasteiger partial charge in [-0.1, -0.05) is 57.2 Å². The second kappa shape index (κ2) is 17.2. The standard InChI is InChI=1S/C30H48N4O7/c1-8-9-10-11-12-13-17-34(28(38)22(18-23(31)35)33-29(39)41-30(4,5)6)26(27(37)32-19-24(36)40-7)25-20(2)15-14-16-21(25)3/h14-16,22,26H,8-13,17-19H2,1-7H3,(H2,31,35)(H,32,37)(H,33,39). The van der Waals surface area contributed by atoms with E-state index in [2.05, 4.69) is 22.3 Å². The van der Waals surface area contributed by atoms with Gasteiger partial charge in [0.25, 0.3) is 0 Å². The van der Waals surface area contributed by atoms with Crippen LogP contribution < -0.4 is 16.4 Å². The Bertz CT molecular complexity index is 1030. The molecule has 0 heterocycles. The number of hydrogen-bond donors (Lipinski definition) is 3. The maximum absolute atomic E-state index is 14.2. The number of unbranched alkanes of at least 4 members (excludes halogenated alkanes) is 5. The monoisotopic (exact) mass is 576 g/mol. The Morgan fingerprint density at radius 2 is 1.56 bits per heavy atom. The minimum absolute atomic E-state index is 0.167. The Morgan fingerprint density at radius 1 is 0.976 bits per heavy atom. The Morgan fingerprint density at radius 3 is 2.10 bits per heavy atom. The van der Waals surface area contributed by atoms with Gasteiger partial charge in [-0.3, -0.25) is 19.2 Å². The maximum Gasteiger partial charge on any atom is 0.408 e. The van der Waals surface area contributed by atoms with Crippen LogP contribution >= 0.6 is 0 Å². The average molecular weight is 577 g/mol. The number of nitrogens with two attached hydrogens (primary N) is 1. The molecule has 4 amide bonds. The fourth-order valence-corrected chi connectivity index (χ4v) is 4.50. The SMILES string of the molecule is CCCCCCCCN(C(=O)C(CC(N)=O)NC(=O)OC(C)(C)C)C(C(=O)NCC(=O)OC)c1c(C)cccc1C. The van der Waals surface area contributed by atoms with E-state index in [-0.39, 0.29) is 6.54 Å². The van der Waals surface area contributed by atoms with Crippen molar-refractivity contribution in [1.29, 1.82) is 0 Å². The molecule has 1 rings (SSSR count). The van der Waals surface area contributed by atoms with Crippen LogP contribution in [0, 0.1) is 13.8 Å². The molecule has 0 saturated carbocycles. The van der Waals surface area contributed by atoms with Gasteiger partial charge in [0.15, 0.2) is 0 Å². The van der Waals surface area contributed by atoms with Crippen molar-refractivity contribution in [3.63, 3.8) is 0 Å². The molecule has 0 bridgehead atoms. The number of esters is 1. The molecule has 0 aliphatic heterocycles. The van der Waals surface area contributed by atoms with E-state index in [9.17, 15) is 24.0 Å². The van der Waals surface area contributed by atoms with Crippen molar-refractivity contribution in [2.45, 2.75) is 104 Å². The van der Waals surface area contributed by atoms with Gasteiger partial charge >= 0.3 is 12.1 Å². The first kappa shape index (κ1) is 35.4. The third-order valence-electron chi connectivity index (χ3n) is 6.44. The van der Waals surface area contributed by atoms with E-state index < -0.39 is 60.4 Å². The number of aryl methyl sites for hydroxylation is 2. The Balaban J connectivity index is 3.57. The smallest absolute Gasteiger partial charge is 0.408 e. The topological polar surface area (TPSA) is 157 Å².